The standard InChI is InChI=1S/C19H31N6O7P.C16H22FN6O6P.C15H23N4O7P/c1-5-29-19(27)11(6-9(2)3)24-33(28)30-7-12-15(32-33)14(26)18(31-12)25-8-21-13-16(20)22-10(4)23-17(13)25;1-4-26-16(24)7(2)22-30(25)27-5-9-12(29-30)10(17)15(28-9)23-6-19-11-13(18)20-8(3)21-14(11)23;1-4-23-15(21)8(2)18-27(22)24-7-10-13(26-27)12(20)14(25-10)19-6-5-11(16)17-9(19)3/h8-9,11-15,17-18,26H,5-7H2,1-4H3,(H,24,28)(H2,20,22,23);6-7,9-10,12,15H,4-5H2,1-3H3,(H,22,25)(H2,18,20,21);5-6,8,10,12-14,20H,3-4,7H2,1-2H3,(H2,16,17)(H,18,22)/t11-,12?,13?,14-,15+,17?,18+,33?;7-,9?,10-,12+,15+,30?;8-,10?,12-,13+,14+,27?/m000/s1. The zero-order chi connectivity index (χ0) is 65.3. The quantitative estimate of drug-likeness (QED) is 0.0617. The van der Waals surface area contributed by atoms with Crippen LogP contribution in [0.25, 0.3) is 11.2 Å². The number of nitrogens with zero attached hydrogens (tertiary/aromatic N) is 10. The van der Waals surface area contributed by atoms with Gasteiger partial charge in [0.2, 0.25) is 0 Å². The van der Waals surface area contributed by atoms with E-state index in [9.17, 15) is 38.3 Å². The molecule has 11 N–H and O–H groups in total. The number of aromatic nitrogens is 4. The Balaban J connectivity index is 0.000000161. The highest BCUT2D eigenvalue weighted by Gasteiger charge is 2.58. The minimum atomic E-state index is -3.96. The van der Waals surface area contributed by atoms with Gasteiger partial charge in [0.15, 0.2) is 42.5 Å². The molecule has 9 aliphatic heterocycles. The van der Waals surface area contributed by atoms with Crippen LogP contribution in [0.3, 0.4) is 0 Å². The number of esters is 3. The second-order valence-corrected chi connectivity index (χ2v) is 27.1. The molecule has 2 aromatic heterocycles. The van der Waals surface area contributed by atoms with E-state index in [-0.39, 0.29) is 63.0 Å². The molecule has 20 atom stereocenters. The molecule has 0 radical (unpaired) electrons. The Kier molecular flexibility index (Phi) is 21.5. The lowest BCUT2D eigenvalue weighted by atomic mass is 10.1. The molecule has 0 aliphatic carbocycles. The summed E-state index contributed by atoms with van der Waals surface area (Å²) in [6.45, 7) is 19.1. The van der Waals surface area contributed by atoms with Crippen LogP contribution >= 0.6 is 23.2 Å². The minimum Gasteiger partial charge on any atom is -0.465 e. The van der Waals surface area contributed by atoms with Crippen LogP contribution in [0.5, 0.6) is 0 Å². The van der Waals surface area contributed by atoms with E-state index in [1.54, 1.807) is 45.7 Å². The third kappa shape index (κ3) is 15.0. The average molecular weight is 1330 g/mol. The summed E-state index contributed by atoms with van der Waals surface area (Å²) in [4.78, 5) is 68.5. The van der Waals surface area contributed by atoms with E-state index in [1.807, 2.05) is 13.8 Å². The number of hydrogen-bond acceptors (Lipinski definition) is 32. The first-order valence-corrected chi connectivity index (χ1v) is 33.4. The molecule has 0 bridgehead atoms. The molecule has 11 heterocycles. The van der Waals surface area contributed by atoms with Gasteiger partial charge in [0.1, 0.15) is 108 Å². The maximum absolute atomic E-state index is 15.3. The lowest BCUT2D eigenvalue weighted by Gasteiger charge is -2.34. The number of rotatable bonds is 17. The molecule has 8 unspecified atom stereocenters. The van der Waals surface area contributed by atoms with Crippen molar-refractivity contribution in [2.75, 3.05) is 45.4 Å². The van der Waals surface area contributed by atoms with Crippen LogP contribution in [0.15, 0.2) is 51.0 Å². The number of alkyl halides is 1. The van der Waals surface area contributed by atoms with Crippen LogP contribution < -0.4 is 32.5 Å². The molecule has 40 heteroatoms. The largest absolute Gasteiger partial charge is 0.465 e. The molecule has 0 saturated carbocycles. The molecule has 9 aliphatic rings. The van der Waals surface area contributed by atoms with Crippen LogP contribution in [0.4, 0.5) is 10.2 Å². The number of nitrogens with one attached hydrogen (secondary N) is 3. The van der Waals surface area contributed by atoms with Gasteiger partial charge in [-0.2, -0.15) is 0 Å². The van der Waals surface area contributed by atoms with Crippen molar-refractivity contribution in [3.05, 3.63) is 36.8 Å². The normalized spacial score (nSPS) is 35.9. The fourth-order valence-electron chi connectivity index (χ4n) is 10.6. The summed E-state index contributed by atoms with van der Waals surface area (Å²) >= 11 is 0. The smallest absolute Gasteiger partial charge is 0.406 e. The van der Waals surface area contributed by atoms with Crippen LogP contribution in [0.2, 0.25) is 0 Å². The molecule has 90 heavy (non-hydrogen) atoms. The van der Waals surface area contributed by atoms with Gasteiger partial charge < -0.3 is 65.6 Å². The fourth-order valence-corrected chi connectivity index (χ4v) is 15.7. The van der Waals surface area contributed by atoms with Crippen molar-refractivity contribution < 1.29 is 98.2 Å². The number of anilines is 1. The highest BCUT2D eigenvalue weighted by molar-refractivity contribution is 7.52. The van der Waals surface area contributed by atoms with E-state index in [0.29, 0.717) is 35.1 Å². The fraction of sp³-hybridized carbons (Fsp3) is 0.680. The van der Waals surface area contributed by atoms with Crippen LogP contribution in [-0.2, 0) is 83.6 Å². The van der Waals surface area contributed by atoms with E-state index >= 15 is 4.39 Å². The Morgan fingerprint density at radius 2 is 1.28 bits per heavy atom. The monoisotopic (exact) mass is 1330 g/mol. The lowest BCUT2D eigenvalue weighted by Crippen LogP contribution is -2.52. The summed E-state index contributed by atoms with van der Waals surface area (Å²) in [6.07, 6.45) is -6.28. The summed E-state index contributed by atoms with van der Waals surface area (Å²) in [5, 5.41) is 29.3. The highest BCUT2D eigenvalue weighted by atomic mass is 31.2. The first-order valence-electron chi connectivity index (χ1n) is 28.8. The maximum Gasteiger partial charge on any atom is 0.406 e. The SMILES string of the molecule is C=C1N=C(N)C=CN1[C@@H]1OC2COP(=O)(N[C@@H](C)C(=O)OCC)O[C@H]2[C@@H]1O.CCOC(=O)[C@H](C)NP1(=O)OCC2O[C@@H](n3cnc4c(N)nc(C)nc43)[C@@H](F)[C@@H]2O1.CCOC(=O)[C@H](CC(C)C)NP1(=O)OCC2O[C@@H](N3C=NC4C(N)=NC(C)=NC43)[C@@H](O)[C@@H]2O1. The number of fused-ring (bicyclic) bond motifs is 5. The molecule has 36 nitrogen and oxygen atoms in total. The number of aryl methyl sites for hydroxylation is 1. The molecule has 11 rings (SSSR count). The van der Waals surface area contributed by atoms with Crippen molar-refractivity contribution in [2.45, 2.75) is 173 Å². The van der Waals surface area contributed by atoms with Crippen LogP contribution in [0, 0.1) is 12.8 Å². The van der Waals surface area contributed by atoms with Gasteiger partial charge in [-0.25, -0.2) is 63.3 Å². The topological polar surface area (TPSA) is 467 Å². The third-order valence-corrected chi connectivity index (χ3v) is 19.8. The average Bonchev–Trinajstić information content (AvgIpc) is 1.65. The molecule has 0 aromatic carbocycles. The van der Waals surface area contributed by atoms with Gasteiger partial charge in [0, 0.05) is 6.20 Å². The first kappa shape index (κ1) is 68.5. The molecule has 0 spiro atoms. The predicted octanol–water partition coefficient (Wildman–Crippen LogP) is 0.803. The first-order chi connectivity index (χ1) is 42.6. The van der Waals surface area contributed by atoms with Crippen LogP contribution in [-0.4, -0.2) is 219 Å². The number of carbonyl (C=O) groups excluding carboxylic acids is 3. The number of aliphatic hydroxyl groups is 2. The number of ether oxygens (including phenoxy) is 6. The summed E-state index contributed by atoms with van der Waals surface area (Å²) in [5.74, 6) is 0.331. The Morgan fingerprint density at radius 3 is 1.84 bits per heavy atom. The summed E-state index contributed by atoms with van der Waals surface area (Å²) in [5.41, 5.74) is 18.1. The number of hydrogen-bond donors (Lipinski definition) is 8. The third-order valence-electron chi connectivity index (χ3n) is 14.7. The number of nitrogen functional groups attached to an aromatic ring is 1. The number of amidine groups is 3. The van der Waals surface area contributed by atoms with E-state index in [2.05, 4.69) is 56.8 Å². The molecule has 6 fully saturated rings. The van der Waals surface area contributed by atoms with E-state index in [1.165, 1.54) is 42.1 Å². The summed E-state index contributed by atoms with van der Waals surface area (Å²) < 4.78 is 121. The zero-order valence-corrected chi connectivity index (χ0v) is 53.2. The number of imidazole rings is 1. The Bertz CT molecular complexity index is 3330. The second-order valence-electron chi connectivity index (χ2n) is 21.9. The van der Waals surface area contributed by atoms with E-state index in [4.69, 9.17) is 72.8 Å². The number of carbonyl (C=O) groups is 3. The zero-order valence-electron chi connectivity index (χ0n) is 50.5. The Hall–Kier alpha value is -5.82. The van der Waals surface area contributed by atoms with Gasteiger partial charge in [0.05, 0.1) is 52.3 Å². The van der Waals surface area contributed by atoms with Gasteiger partial charge in [-0.15, -0.1) is 0 Å². The number of aliphatic hydroxyl groups excluding tert-OH is 2. The molecular weight excluding hydrogens is 1260 g/mol. The maximum atomic E-state index is 15.3. The molecule has 498 valence electrons. The molecular formula is C50H76FN16O20P3. The summed E-state index contributed by atoms with van der Waals surface area (Å²) in [7, 11) is -11.7. The van der Waals surface area contributed by atoms with Crippen molar-refractivity contribution >= 4 is 82.0 Å². The lowest BCUT2D eigenvalue weighted by molar-refractivity contribution is -0.146. The second kappa shape index (κ2) is 28.2. The van der Waals surface area contributed by atoms with Crippen molar-refractivity contribution in [1.29, 1.82) is 0 Å². The van der Waals surface area contributed by atoms with E-state index < -0.39 is 145 Å². The Labute approximate surface area is 515 Å². The minimum absolute atomic E-state index is 0.0898. The number of aliphatic imine (C=N–C) groups is 4. The number of nitrogens with two attached hydrogens (primary N) is 3. The van der Waals surface area contributed by atoms with Crippen molar-refractivity contribution in [3.63, 3.8) is 0 Å². The Morgan fingerprint density at radius 1 is 0.756 bits per heavy atom. The van der Waals surface area contributed by atoms with Gasteiger partial charge >= 0.3 is 41.1 Å². The van der Waals surface area contributed by atoms with Crippen molar-refractivity contribution in [2.24, 2.45) is 37.4 Å². The molecule has 2 aromatic rings. The van der Waals surface area contributed by atoms with Crippen LogP contribution in [0.1, 0.15) is 73.9 Å². The van der Waals surface area contributed by atoms with Gasteiger partial charge in [0.25, 0.3) is 0 Å². The highest BCUT2D eigenvalue weighted by Crippen LogP contribution is 2.56. The van der Waals surface area contributed by atoms with Crippen molar-refractivity contribution in [1.82, 2.24) is 44.6 Å². The van der Waals surface area contributed by atoms with E-state index in [0.717, 1.165) is 0 Å². The van der Waals surface area contributed by atoms with Gasteiger partial charge in [-0.05, 0) is 66.9 Å². The van der Waals surface area contributed by atoms with Gasteiger partial charge in [-0.3, -0.25) is 51.1 Å². The summed E-state index contributed by atoms with van der Waals surface area (Å²) in [6, 6.07) is -3.23. The number of halogens is 1. The predicted molar refractivity (Wildman–Crippen MR) is 314 cm³/mol. The molecule has 6 saturated heterocycles. The van der Waals surface area contributed by atoms with Crippen molar-refractivity contribution in [3.8, 4) is 0 Å². The molecule has 0 amide bonds. The van der Waals surface area contributed by atoms with Gasteiger partial charge in [-0.1, -0.05) is 20.4 Å².